The normalized spacial score (nSPS) is 25.4. The van der Waals surface area contributed by atoms with E-state index in [1.165, 1.54) is 0 Å². The minimum Gasteiger partial charge on any atom is -0.391 e. The lowest BCUT2D eigenvalue weighted by Gasteiger charge is -2.41. The Morgan fingerprint density at radius 1 is 0.861 bits per heavy atom. The first-order valence-corrected chi connectivity index (χ1v) is 13.0. The number of carbonyl (C=O) groups is 3. The van der Waals surface area contributed by atoms with Crippen molar-refractivity contribution in [3.63, 3.8) is 0 Å². The monoisotopic (exact) mass is 492 g/mol. The molecule has 1 fully saturated rings. The van der Waals surface area contributed by atoms with Gasteiger partial charge < -0.3 is 5.11 Å². The average Bonchev–Trinajstić information content (AvgIpc) is 2.85. The molecule has 1 saturated carbocycles. The molecule has 0 saturated heterocycles. The van der Waals surface area contributed by atoms with Crippen molar-refractivity contribution in [2.75, 3.05) is 0 Å². The second kappa shape index (κ2) is 12.6. The largest absolute Gasteiger partial charge is 0.391 e. The van der Waals surface area contributed by atoms with Gasteiger partial charge in [0.2, 0.25) is 0 Å². The van der Waals surface area contributed by atoms with Crippen LogP contribution in [0.5, 0.6) is 0 Å². The van der Waals surface area contributed by atoms with E-state index in [-0.39, 0.29) is 23.9 Å². The summed E-state index contributed by atoms with van der Waals surface area (Å²) < 4.78 is 0. The maximum atomic E-state index is 14.2. The Labute approximate surface area is 217 Å². The third-order valence-electron chi connectivity index (χ3n) is 7.61. The molecule has 0 radical (unpaired) electrons. The molecule has 1 aromatic carbocycles. The smallest absolute Gasteiger partial charge is 0.175 e. The van der Waals surface area contributed by atoms with E-state index >= 15 is 0 Å². The first kappa shape index (κ1) is 29.6. The third kappa shape index (κ3) is 7.00. The highest BCUT2D eigenvalue weighted by molar-refractivity contribution is 6.12. The van der Waals surface area contributed by atoms with Gasteiger partial charge in [-0.3, -0.25) is 14.4 Å². The summed E-state index contributed by atoms with van der Waals surface area (Å²) in [4.78, 5) is 41.6. The maximum Gasteiger partial charge on any atom is 0.175 e. The van der Waals surface area contributed by atoms with Gasteiger partial charge in [-0.05, 0) is 65.7 Å². The molecule has 1 aromatic rings. The number of rotatable bonds is 9. The first-order chi connectivity index (χ1) is 16.8. The fourth-order valence-corrected chi connectivity index (χ4v) is 5.43. The zero-order valence-electron chi connectivity index (χ0n) is 23.3. The van der Waals surface area contributed by atoms with E-state index in [9.17, 15) is 19.5 Å². The number of carbonyl (C=O) groups excluding carboxylic acids is 3. The molecule has 0 aromatic heterocycles. The third-order valence-corrected chi connectivity index (χ3v) is 7.61. The predicted molar refractivity (Wildman–Crippen MR) is 147 cm³/mol. The minimum absolute atomic E-state index is 0.120. The summed E-state index contributed by atoms with van der Waals surface area (Å²) in [7, 11) is 0. The van der Waals surface area contributed by atoms with Gasteiger partial charge in [0.15, 0.2) is 5.78 Å². The summed E-state index contributed by atoms with van der Waals surface area (Å²) in [6.07, 6.45) is 5.80. The van der Waals surface area contributed by atoms with Crippen molar-refractivity contribution in [2.45, 2.75) is 80.8 Å². The fourth-order valence-electron chi connectivity index (χ4n) is 5.43. The van der Waals surface area contributed by atoms with Gasteiger partial charge in [0.05, 0.1) is 6.10 Å². The average molecular weight is 493 g/mol. The van der Waals surface area contributed by atoms with E-state index in [1.54, 1.807) is 24.3 Å². The molecule has 4 nitrogen and oxygen atoms in total. The molecule has 0 aliphatic heterocycles. The minimum atomic E-state index is -1.38. The van der Waals surface area contributed by atoms with Gasteiger partial charge in [0.25, 0.3) is 0 Å². The van der Waals surface area contributed by atoms with Crippen molar-refractivity contribution in [3.05, 3.63) is 70.8 Å². The molecule has 1 aliphatic carbocycles. The summed E-state index contributed by atoms with van der Waals surface area (Å²) in [5.74, 6) is -3.70. The predicted octanol–water partition coefficient (Wildman–Crippen LogP) is 6.94. The van der Waals surface area contributed by atoms with Gasteiger partial charge in [0, 0.05) is 23.8 Å². The Hall–Kier alpha value is -2.59. The molecule has 4 heteroatoms. The number of hydrogen-bond donors (Lipinski definition) is 1. The van der Waals surface area contributed by atoms with Crippen LogP contribution in [0.3, 0.4) is 0 Å². The van der Waals surface area contributed by atoms with Crippen LogP contribution in [-0.4, -0.2) is 28.6 Å². The van der Waals surface area contributed by atoms with Gasteiger partial charge in [0.1, 0.15) is 17.5 Å². The molecule has 36 heavy (non-hydrogen) atoms. The van der Waals surface area contributed by atoms with Crippen molar-refractivity contribution in [2.24, 2.45) is 29.1 Å². The van der Waals surface area contributed by atoms with Crippen LogP contribution in [0.15, 0.2) is 65.3 Å². The van der Waals surface area contributed by atoms with Crippen molar-refractivity contribution in [1.29, 1.82) is 0 Å². The zero-order chi connectivity index (χ0) is 27.2. The van der Waals surface area contributed by atoms with Crippen LogP contribution in [-0.2, 0) is 9.59 Å². The van der Waals surface area contributed by atoms with E-state index < -0.39 is 35.1 Å². The highest BCUT2D eigenvalue weighted by atomic mass is 16.3. The summed E-state index contributed by atoms with van der Waals surface area (Å²) in [5.41, 5.74) is 2.98. The van der Waals surface area contributed by atoms with Gasteiger partial charge >= 0.3 is 0 Å². The second-order valence-corrected chi connectivity index (χ2v) is 11.6. The van der Waals surface area contributed by atoms with Crippen LogP contribution in [0.4, 0.5) is 0 Å². The van der Waals surface area contributed by atoms with Gasteiger partial charge in [-0.15, -0.1) is 0 Å². The number of Topliss-reactive ketones (excluding diaryl/α,β-unsaturated/α-hetero) is 3. The molecular weight excluding hydrogens is 448 g/mol. The van der Waals surface area contributed by atoms with Crippen LogP contribution >= 0.6 is 0 Å². The molecule has 1 aliphatic rings. The Kier molecular flexibility index (Phi) is 10.4. The van der Waals surface area contributed by atoms with E-state index in [0.717, 1.165) is 16.7 Å². The molecule has 196 valence electrons. The zero-order valence-corrected chi connectivity index (χ0v) is 23.3. The van der Waals surface area contributed by atoms with E-state index in [0.29, 0.717) is 18.4 Å². The highest BCUT2D eigenvalue weighted by Gasteiger charge is 2.56. The standard InChI is InChI=1S/C32H44O4/c1-20(2)14-17-24-27(26(33)19-16-22(5)6)31(36)28(29(34)23-12-10-9-11-13-23)30(35)25(32(24,7)8)18-15-21(3)4/h9-16,24-25,27-28,31,36H,17-19H2,1-8H3. The summed E-state index contributed by atoms with van der Waals surface area (Å²) in [6.45, 7) is 15.9. The quantitative estimate of drug-likeness (QED) is 0.175. The maximum absolute atomic E-state index is 14.2. The van der Waals surface area contributed by atoms with Gasteiger partial charge in [-0.25, -0.2) is 0 Å². The van der Waals surface area contributed by atoms with Crippen LogP contribution in [0.2, 0.25) is 0 Å². The molecule has 0 amide bonds. The Morgan fingerprint density at radius 2 is 1.39 bits per heavy atom. The first-order valence-electron chi connectivity index (χ1n) is 13.0. The van der Waals surface area contributed by atoms with Crippen LogP contribution in [0.1, 0.15) is 85.0 Å². The number of aliphatic hydroxyl groups excluding tert-OH is 1. The van der Waals surface area contributed by atoms with E-state index in [4.69, 9.17) is 0 Å². The van der Waals surface area contributed by atoms with Crippen molar-refractivity contribution in [1.82, 2.24) is 0 Å². The Bertz CT molecular complexity index is 1030. The Balaban J connectivity index is 2.76. The molecular formula is C32H44O4. The van der Waals surface area contributed by atoms with Crippen LogP contribution in [0.25, 0.3) is 0 Å². The second-order valence-electron chi connectivity index (χ2n) is 11.6. The molecule has 5 atom stereocenters. The molecule has 1 N–H and O–H groups in total. The van der Waals surface area contributed by atoms with Crippen LogP contribution < -0.4 is 0 Å². The molecule has 0 spiro atoms. The fraction of sp³-hybridized carbons (Fsp3) is 0.531. The summed E-state index contributed by atoms with van der Waals surface area (Å²) in [6, 6.07) is 8.65. The molecule has 0 bridgehead atoms. The summed E-state index contributed by atoms with van der Waals surface area (Å²) >= 11 is 0. The van der Waals surface area contributed by atoms with Crippen LogP contribution in [0, 0.1) is 29.1 Å². The number of ketones is 3. The highest BCUT2D eigenvalue weighted by Crippen LogP contribution is 2.50. The SMILES string of the molecule is CC(C)=CCC(=O)C1C(O)C(C(=O)c2ccccc2)C(=O)C(CC=C(C)C)C(C)(C)C1CC=C(C)C. The van der Waals surface area contributed by atoms with Crippen molar-refractivity contribution in [3.8, 4) is 0 Å². The number of aliphatic hydroxyl groups is 1. The Morgan fingerprint density at radius 3 is 1.92 bits per heavy atom. The van der Waals surface area contributed by atoms with E-state index in [2.05, 4.69) is 6.08 Å². The number of hydrogen-bond acceptors (Lipinski definition) is 4. The topological polar surface area (TPSA) is 71.4 Å². The molecule has 0 heterocycles. The number of allylic oxidation sites excluding steroid dienone is 6. The summed E-state index contributed by atoms with van der Waals surface area (Å²) in [5, 5.41) is 11.8. The number of benzene rings is 1. The van der Waals surface area contributed by atoms with Gasteiger partial charge in [-0.2, -0.15) is 0 Å². The van der Waals surface area contributed by atoms with Crippen molar-refractivity contribution >= 4 is 17.3 Å². The molecule has 2 rings (SSSR count). The lowest BCUT2D eigenvalue weighted by Crippen LogP contribution is -2.44. The van der Waals surface area contributed by atoms with Gasteiger partial charge in [-0.1, -0.05) is 79.1 Å². The molecule has 5 unspecified atom stereocenters. The van der Waals surface area contributed by atoms with E-state index in [1.807, 2.05) is 73.6 Å². The van der Waals surface area contributed by atoms with Crippen molar-refractivity contribution < 1.29 is 19.5 Å². The lowest BCUT2D eigenvalue weighted by molar-refractivity contribution is -0.131. The lowest BCUT2D eigenvalue weighted by atomic mass is 9.62.